The van der Waals surface area contributed by atoms with Crippen molar-refractivity contribution in [2.45, 2.75) is 57.9 Å². The van der Waals surface area contributed by atoms with Gasteiger partial charge in [0.2, 0.25) is 5.91 Å². The van der Waals surface area contributed by atoms with E-state index in [0.717, 1.165) is 45.1 Å². The normalized spacial score (nSPS) is 27.8. The number of hydrogen-bond donors (Lipinski definition) is 1. The van der Waals surface area contributed by atoms with E-state index in [0.29, 0.717) is 12.5 Å². The third kappa shape index (κ3) is 2.85. The van der Waals surface area contributed by atoms with Crippen molar-refractivity contribution in [2.24, 2.45) is 11.8 Å². The minimum atomic E-state index is -0.791. The van der Waals surface area contributed by atoms with Gasteiger partial charge in [-0.3, -0.25) is 9.59 Å². The molecule has 0 bridgehead atoms. The maximum absolute atomic E-state index is 12.5. The van der Waals surface area contributed by atoms with Crippen LogP contribution in [0.15, 0.2) is 0 Å². The summed E-state index contributed by atoms with van der Waals surface area (Å²) >= 11 is 0. The smallest absolute Gasteiger partial charge is 0.307 e. The molecule has 2 atom stereocenters. The SMILES string of the molecule is CCCN(C(=O)[C@@H]1CCCC[C@@H]1C(=O)O)C1CC1. The molecule has 0 unspecified atom stereocenters. The average Bonchev–Trinajstić information content (AvgIpc) is 3.19. The van der Waals surface area contributed by atoms with Gasteiger partial charge >= 0.3 is 5.97 Å². The predicted molar refractivity (Wildman–Crippen MR) is 68.1 cm³/mol. The Morgan fingerprint density at radius 1 is 1.11 bits per heavy atom. The first-order valence-corrected chi connectivity index (χ1v) is 7.18. The number of carbonyl (C=O) groups is 2. The Bertz CT molecular complexity index is 325. The van der Waals surface area contributed by atoms with Crippen molar-refractivity contribution >= 4 is 11.9 Å². The molecule has 4 nitrogen and oxygen atoms in total. The van der Waals surface area contributed by atoms with Crippen LogP contribution in [0.3, 0.4) is 0 Å². The molecular weight excluding hydrogens is 230 g/mol. The van der Waals surface area contributed by atoms with Crippen LogP contribution >= 0.6 is 0 Å². The minimum absolute atomic E-state index is 0.103. The Morgan fingerprint density at radius 2 is 1.72 bits per heavy atom. The van der Waals surface area contributed by atoms with Gasteiger partial charge in [0.1, 0.15) is 0 Å². The average molecular weight is 253 g/mol. The van der Waals surface area contributed by atoms with Crippen LogP contribution in [-0.2, 0) is 9.59 Å². The van der Waals surface area contributed by atoms with E-state index in [-0.39, 0.29) is 11.8 Å². The third-order valence-electron chi connectivity index (χ3n) is 4.14. The molecule has 4 heteroatoms. The van der Waals surface area contributed by atoms with Crippen molar-refractivity contribution in [1.82, 2.24) is 4.90 Å². The van der Waals surface area contributed by atoms with Gasteiger partial charge in [0.05, 0.1) is 11.8 Å². The molecule has 0 saturated heterocycles. The second-order valence-corrected chi connectivity index (χ2v) is 5.60. The van der Waals surface area contributed by atoms with Crippen LogP contribution in [0.2, 0.25) is 0 Å². The summed E-state index contributed by atoms with van der Waals surface area (Å²) < 4.78 is 0. The van der Waals surface area contributed by atoms with Crippen LogP contribution in [0.5, 0.6) is 0 Å². The minimum Gasteiger partial charge on any atom is -0.481 e. The van der Waals surface area contributed by atoms with Gasteiger partial charge in [0.15, 0.2) is 0 Å². The Morgan fingerprint density at radius 3 is 2.22 bits per heavy atom. The van der Waals surface area contributed by atoms with Crippen LogP contribution in [0.25, 0.3) is 0 Å². The van der Waals surface area contributed by atoms with Gasteiger partial charge in [0.25, 0.3) is 0 Å². The standard InChI is InChI=1S/C14H23NO3/c1-2-9-15(10-7-8-10)13(16)11-5-3-4-6-12(11)14(17)18/h10-12H,2-9H2,1H3,(H,17,18)/t11-,12+/m1/s1. The number of carboxylic acids is 1. The van der Waals surface area contributed by atoms with Gasteiger partial charge in [-0.2, -0.15) is 0 Å². The molecule has 2 aliphatic carbocycles. The molecule has 0 radical (unpaired) electrons. The first-order valence-electron chi connectivity index (χ1n) is 7.18. The summed E-state index contributed by atoms with van der Waals surface area (Å²) in [6.07, 6.45) is 6.49. The lowest BCUT2D eigenvalue weighted by Crippen LogP contribution is -2.43. The summed E-state index contributed by atoms with van der Waals surface area (Å²) in [7, 11) is 0. The maximum Gasteiger partial charge on any atom is 0.307 e. The number of rotatable bonds is 5. The van der Waals surface area contributed by atoms with Gasteiger partial charge in [-0.15, -0.1) is 0 Å². The highest BCUT2D eigenvalue weighted by molar-refractivity contribution is 5.85. The predicted octanol–water partition coefficient (Wildman–Crippen LogP) is 2.28. The van der Waals surface area contributed by atoms with Crippen molar-refractivity contribution in [2.75, 3.05) is 6.54 Å². The Kier molecular flexibility index (Phi) is 4.25. The molecule has 0 aromatic rings. The van der Waals surface area contributed by atoms with Gasteiger partial charge in [-0.05, 0) is 32.1 Å². The van der Waals surface area contributed by atoms with E-state index >= 15 is 0 Å². The van der Waals surface area contributed by atoms with Crippen molar-refractivity contribution in [3.8, 4) is 0 Å². The highest BCUT2D eigenvalue weighted by Gasteiger charge is 2.41. The maximum atomic E-state index is 12.5. The van der Waals surface area contributed by atoms with E-state index in [1.807, 2.05) is 4.90 Å². The van der Waals surface area contributed by atoms with E-state index in [1.54, 1.807) is 0 Å². The first-order chi connectivity index (χ1) is 8.65. The molecular formula is C14H23NO3. The Labute approximate surface area is 108 Å². The molecule has 2 saturated carbocycles. The number of carboxylic acid groups (broad SMARTS) is 1. The summed E-state index contributed by atoms with van der Waals surface area (Å²) in [4.78, 5) is 25.8. The summed E-state index contributed by atoms with van der Waals surface area (Å²) in [5.74, 6) is -1.42. The highest BCUT2D eigenvalue weighted by atomic mass is 16.4. The molecule has 0 heterocycles. The van der Waals surface area contributed by atoms with E-state index in [4.69, 9.17) is 0 Å². The van der Waals surface area contributed by atoms with Crippen LogP contribution in [0.1, 0.15) is 51.9 Å². The molecule has 2 fully saturated rings. The molecule has 102 valence electrons. The fourth-order valence-corrected chi connectivity index (χ4v) is 3.03. The second-order valence-electron chi connectivity index (χ2n) is 5.60. The largest absolute Gasteiger partial charge is 0.481 e. The van der Waals surface area contributed by atoms with Gasteiger partial charge in [-0.1, -0.05) is 19.8 Å². The van der Waals surface area contributed by atoms with E-state index in [2.05, 4.69) is 6.92 Å². The highest BCUT2D eigenvalue weighted by Crippen LogP contribution is 2.35. The lowest BCUT2D eigenvalue weighted by atomic mass is 9.78. The van der Waals surface area contributed by atoms with Crippen LogP contribution in [0.4, 0.5) is 0 Å². The molecule has 0 spiro atoms. The molecule has 1 amide bonds. The quantitative estimate of drug-likeness (QED) is 0.817. The number of carbonyl (C=O) groups excluding carboxylic acids is 1. The van der Waals surface area contributed by atoms with Crippen LogP contribution < -0.4 is 0 Å². The number of aliphatic carboxylic acids is 1. The van der Waals surface area contributed by atoms with E-state index in [9.17, 15) is 14.7 Å². The molecule has 18 heavy (non-hydrogen) atoms. The fraction of sp³-hybridized carbons (Fsp3) is 0.857. The zero-order valence-corrected chi connectivity index (χ0v) is 11.1. The van der Waals surface area contributed by atoms with Crippen molar-refractivity contribution < 1.29 is 14.7 Å². The van der Waals surface area contributed by atoms with Gasteiger partial charge in [0, 0.05) is 12.6 Å². The molecule has 0 aromatic heterocycles. The lowest BCUT2D eigenvalue weighted by molar-refractivity contribution is -0.152. The summed E-state index contributed by atoms with van der Waals surface area (Å²) in [5.41, 5.74) is 0. The third-order valence-corrected chi connectivity index (χ3v) is 4.14. The summed E-state index contributed by atoms with van der Waals surface area (Å²) in [6.45, 7) is 2.85. The van der Waals surface area contributed by atoms with Crippen molar-refractivity contribution in [3.63, 3.8) is 0 Å². The summed E-state index contributed by atoms with van der Waals surface area (Å²) in [6, 6.07) is 0.397. The number of amides is 1. The zero-order valence-electron chi connectivity index (χ0n) is 11.1. The molecule has 0 aromatic carbocycles. The first kappa shape index (κ1) is 13.4. The Balaban J connectivity index is 2.06. The van der Waals surface area contributed by atoms with Gasteiger partial charge in [-0.25, -0.2) is 0 Å². The molecule has 0 aliphatic heterocycles. The number of hydrogen-bond acceptors (Lipinski definition) is 2. The fourth-order valence-electron chi connectivity index (χ4n) is 3.03. The van der Waals surface area contributed by atoms with Crippen molar-refractivity contribution in [1.29, 1.82) is 0 Å². The zero-order chi connectivity index (χ0) is 13.1. The van der Waals surface area contributed by atoms with Crippen LogP contribution in [-0.4, -0.2) is 34.5 Å². The monoisotopic (exact) mass is 253 g/mol. The van der Waals surface area contributed by atoms with Gasteiger partial charge < -0.3 is 10.0 Å². The number of nitrogens with zero attached hydrogens (tertiary/aromatic N) is 1. The molecule has 2 rings (SSSR count). The molecule has 1 N–H and O–H groups in total. The molecule has 2 aliphatic rings. The second kappa shape index (κ2) is 5.72. The van der Waals surface area contributed by atoms with E-state index in [1.165, 1.54) is 0 Å². The van der Waals surface area contributed by atoms with Crippen molar-refractivity contribution in [3.05, 3.63) is 0 Å². The van der Waals surface area contributed by atoms with Crippen LogP contribution in [0, 0.1) is 11.8 Å². The summed E-state index contributed by atoms with van der Waals surface area (Å²) in [5, 5.41) is 9.25. The van der Waals surface area contributed by atoms with E-state index < -0.39 is 11.9 Å². The lowest BCUT2D eigenvalue weighted by Gasteiger charge is -2.32. The topological polar surface area (TPSA) is 57.6 Å². The Hall–Kier alpha value is -1.06.